The minimum absolute atomic E-state index is 0.552. The van der Waals surface area contributed by atoms with Crippen LogP contribution < -0.4 is 0 Å². The van der Waals surface area contributed by atoms with Gasteiger partial charge in [-0.15, -0.1) is 0 Å². The third-order valence-corrected chi connectivity index (χ3v) is 3.06. The average Bonchev–Trinajstić information content (AvgIpc) is 2.26. The maximum absolute atomic E-state index is 6.08. The second-order valence-corrected chi connectivity index (χ2v) is 4.19. The lowest BCUT2D eigenvalue weighted by Gasteiger charge is -2.08. The molecule has 2 aromatic rings. The van der Waals surface area contributed by atoms with E-state index in [9.17, 15) is 0 Å². The van der Waals surface area contributed by atoms with Gasteiger partial charge in [-0.3, -0.25) is 0 Å². The number of rotatable bonds is 2. The van der Waals surface area contributed by atoms with Crippen molar-refractivity contribution in [2.75, 3.05) is 0 Å². The van der Waals surface area contributed by atoms with Gasteiger partial charge >= 0.3 is 0 Å². The Kier molecular flexibility index (Phi) is 3.20. The minimum atomic E-state index is 0.552. The van der Waals surface area contributed by atoms with Crippen LogP contribution in [0.5, 0.6) is 0 Å². The Labute approximate surface area is 100 Å². The second kappa shape index (κ2) is 4.62. The summed E-state index contributed by atoms with van der Waals surface area (Å²) in [6.07, 6.45) is 2.29. The summed E-state index contributed by atoms with van der Waals surface area (Å²) in [6, 6.07) is 8.28. The van der Waals surface area contributed by atoms with Crippen LogP contribution in [0.3, 0.4) is 0 Å². The average molecular weight is 233 g/mol. The number of halogens is 1. The molecule has 0 bridgehead atoms. The van der Waals surface area contributed by atoms with Crippen LogP contribution in [0, 0.1) is 13.8 Å². The van der Waals surface area contributed by atoms with Crippen molar-refractivity contribution >= 4 is 11.6 Å². The van der Waals surface area contributed by atoms with Gasteiger partial charge in [0.2, 0.25) is 0 Å². The maximum atomic E-state index is 6.08. The molecule has 2 rings (SSSR count). The van der Waals surface area contributed by atoms with Crippen LogP contribution in [-0.4, -0.2) is 9.97 Å². The molecule has 0 radical (unpaired) electrons. The van der Waals surface area contributed by atoms with Crippen molar-refractivity contribution < 1.29 is 0 Å². The summed E-state index contributed by atoms with van der Waals surface area (Å²) in [6.45, 7) is 4.06. The molecule has 82 valence electrons. The van der Waals surface area contributed by atoms with Crippen LogP contribution in [-0.2, 0) is 6.42 Å². The lowest BCUT2D eigenvalue weighted by molar-refractivity contribution is 1.01. The van der Waals surface area contributed by atoms with E-state index in [1.807, 2.05) is 19.1 Å². The van der Waals surface area contributed by atoms with Crippen molar-refractivity contribution in [3.63, 3.8) is 0 Å². The molecule has 0 unspecified atom stereocenters. The predicted octanol–water partition coefficient (Wildman–Crippen LogP) is 3.34. The molecular formula is C13H13ClN2. The van der Waals surface area contributed by atoms with Crippen LogP contribution in [0.4, 0.5) is 0 Å². The molecule has 3 heteroatoms. The van der Waals surface area contributed by atoms with E-state index in [-0.39, 0.29) is 0 Å². The van der Waals surface area contributed by atoms with Crippen molar-refractivity contribution in [1.82, 2.24) is 9.97 Å². The van der Waals surface area contributed by atoms with Gasteiger partial charge in [0.1, 0.15) is 11.5 Å². The topological polar surface area (TPSA) is 25.8 Å². The standard InChI is InChI=1S/C13H13ClN2/c1-9-5-3-4-6-11(9)7-12-10(2)15-8-16-13(12)14/h3-6,8H,7H2,1-2H3. The Morgan fingerprint density at radius 1 is 1.12 bits per heavy atom. The molecule has 0 saturated heterocycles. The van der Waals surface area contributed by atoms with Crippen molar-refractivity contribution in [1.29, 1.82) is 0 Å². The zero-order valence-electron chi connectivity index (χ0n) is 9.37. The van der Waals surface area contributed by atoms with Gasteiger partial charge in [0, 0.05) is 17.7 Å². The number of hydrogen-bond acceptors (Lipinski definition) is 2. The monoisotopic (exact) mass is 232 g/mol. The first kappa shape index (κ1) is 11.1. The first-order chi connectivity index (χ1) is 7.68. The van der Waals surface area contributed by atoms with Crippen molar-refractivity contribution in [2.24, 2.45) is 0 Å². The SMILES string of the molecule is Cc1ccccc1Cc1c(C)ncnc1Cl. The van der Waals surface area contributed by atoms with Crippen LogP contribution in [0.1, 0.15) is 22.4 Å². The second-order valence-electron chi connectivity index (χ2n) is 3.83. The minimum Gasteiger partial charge on any atom is -0.241 e. The molecule has 16 heavy (non-hydrogen) atoms. The third-order valence-electron chi connectivity index (χ3n) is 2.74. The largest absolute Gasteiger partial charge is 0.241 e. The Morgan fingerprint density at radius 3 is 2.56 bits per heavy atom. The molecule has 0 fully saturated rings. The summed E-state index contributed by atoms with van der Waals surface area (Å²) in [7, 11) is 0. The van der Waals surface area contributed by atoms with E-state index in [0.29, 0.717) is 5.15 Å². The van der Waals surface area contributed by atoms with Crippen LogP contribution in [0.25, 0.3) is 0 Å². The van der Waals surface area contributed by atoms with Gasteiger partial charge in [0.15, 0.2) is 0 Å². The zero-order valence-corrected chi connectivity index (χ0v) is 10.1. The molecule has 0 N–H and O–H groups in total. The summed E-state index contributed by atoms with van der Waals surface area (Å²) < 4.78 is 0. The molecule has 1 aromatic heterocycles. The lowest BCUT2D eigenvalue weighted by Crippen LogP contribution is -1.99. The smallest absolute Gasteiger partial charge is 0.136 e. The molecule has 0 amide bonds. The number of hydrogen-bond donors (Lipinski definition) is 0. The predicted molar refractivity (Wildman–Crippen MR) is 65.8 cm³/mol. The molecular weight excluding hydrogens is 220 g/mol. The van der Waals surface area contributed by atoms with Crippen LogP contribution >= 0.6 is 11.6 Å². The van der Waals surface area contributed by atoms with E-state index >= 15 is 0 Å². The Bertz CT molecular complexity index is 489. The fraction of sp³-hybridized carbons (Fsp3) is 0.231. The number of nitrogens with zero attached hydrogens (tertiary/aromatic N) is 2. The summed E-state index contributed by atoms with van der Waals surface area (Å²) in [5, 5.41) is 0.552. The molecule has 0 aliphatic carbocycles. The number of aryl methyl sites for hydroxylation is 2. The molecule has 0 saturated carbocycles. The quantitative estimate of drug-likeness (QED) is 0.743. The molecule has 1 heterocycles. The van der Waals surface area contributed by atoms with Crippen LogP contribution in [0.15, 0.2) is 30.6 Å². The maximum Gasteiger partial charge on any atom is 0.136 e. The van der Waals surface area contributed by atoms with Gasteiger partial charge < -0.3 is 0 Å². The molecule has 0 spiro atoms. The fourth-order valence-electron chi connectivity index (χ4n) is 1.67. The van der Waals surface area contributed by atoms with Gasteiger partial charge in [-0.25, -0.2) is 9.97 Å². The molecule has 0 aliphatic heterocycles. The van der Waals surface area contributed by atoms with Crippen LogP contribution in [0.2, 0.25) is 5.15 Å². The number of aromatic nitrogens is 2. The zero-order chi connectivity index (χ0) is 11.5. The highest BCUT2D eigenvalue weighted by Crippen LogP contribution is 2.20. The van der Waals surface area contributed by atoms with Gasteiger partial charge in [0.25, 0.3) is 0 Å². The first-order valence-electron chi connectivity index (χ1n) is 5.19. The van der Waals surface area contributed by atoms with Gasteiger partial charge in [-0.05, 0) is 25.0 Å². The van der Waals surface area contributed by atoms with Crippen molar-refractivity contribution in [3.05, 3.63) is 58.1 Å². The van der Waals surface area contributed by atoms with E-state index in [4.69, 9.17) is 11.6 Å². The van der Waals surface area contributed by atoms with E-state index in [0.717, 1.165) is 17.7 Å². The summed E-state index contributed by atoms with van der Waals surface area (Å²) in [5.41, 5.74) is 4.49. The lowest BCUT2D eigenvalue weighted by atomic mass is 10.0. The van der Waals surface area contributed by atoms with Gasteiger partial charge in [-0.1, -0.05) is 35.9 Å². The third kappa shape index (κ3) is 2.22. The summed E-state index contributed by atoms with van der Waals surface area (Å²) in [4.78, 5) is 8.19. The highest BCUT2D eigenvalue weighted by atomic mass is 35.5. The normalized spacial score (nSPS) is 10.4. The molecule has 2 nitrogen and oxygen atoms in total. The van der Waals surface area contributed by atoms with Gasteiger partial charge in [-0.2, -0.15) is 0 Å². The van der Waals surface area contributed by atoms with E-state index in [1.54, 1.807) is 0 Å². The van der Waals surface area contributed by atoms with E-state index < -0.39 is 0 Å². The highest BCUT2D eigenvalue weighted by Gasteiger charge is 2.08. The summed E-state index contributed by atoms with van der Waals surface area (Å²) in [5.74, 6) is 0. The molecule has 0 aliphatic rings. The fourth-order valence-corrected chi connectivity index (χ4v) is 1.92. The highest BCUT2D eigenvalue weighted by molar-refractivity contribution is 6.30. The van der Waals surface area contributed by atoms with Crippen molar-refractivity contribution in [3.8, 4) is 0 Å². The molecule has 1 aromatic carbocycles. The van der Waals surface area contributed by atoms with Gasteiger partial charge in [0.05, 0.1) is 0 Å². The Hall–Kier alpha value is -1.41. The first-order valence-corrected chi connectivity index (χ1v) is 5.57. The van der Waals surface area contributed by atoms with E-state index in [2.05, 4.69) is 29.0 Å². The Balaban J connectivity index is 2.38. The summed E-state index contributed by atoms with van der Waals surface area (Å²) >= 11 is 6.08. The Morgan fingerprint density at radius 2 is 1.88 bits per heavy atom. The molecule has 0 atom stereocenters. The van der Waals surface area contributed by atoms with E-state index in [1.165, 1.54) is 17.5 Å². The van der Waals surface area contributed by atoms with Crippen molar-refractivity contribution in [2.45, 2.75) is 20.3 Å². The number of benzene rings is 1.